The van der Waals surface area contributed by atoms with Crippen molar-refractivity contribution in [3.8, 4) is 6.07 Å². The molecule has 1 saturated heterocycles. The van der Waals surface area contributed by atoms with Crippen molar-refractivity contribution in [2.75, 3.05) is 0 Å². The zero-order valence-corrected chi connectivity index (χ0v) is 6.69. The number of carboxylic acid groups (broad SMARTS) is 1. The highest BCUT2D eigenvalue weighted by molar-refractivity contribution is 5.78. The number of hydrogen-bond acceptors (Lipinski definition) is 4. The third-order valence-corrected chi connectivity index (χ3v) is 2.32. The summed E-state index contributed by atoms with van der Waals surface area (Å²) in [6.07, 6.45) is 0.701. The Morgan fingerprint density at radius 3 is 2.67 bits per heavy atom. The first-order chi connectivity index (χ1) is 5.52. The van der Waals surface area contributed by atoms with Crippen LogP contribution in [0.15, 0.2) is 0 Å². The van der Waals surface area contributed by atoms with Crippen LogP contribution in [0.4, 0.5) is 0 Å². The SMILES string of the molecule is CC1(C(=O)O)CCC(C#N)N1O. The van der Waals surface area contributed by atoms with E-state index in [1.807, 2.05) is 6.07 Å². The molecule has 1 fully saturated rings. The van der Waals surface area contributed by atoms with Gasteiger partial charge in [-0.1, -0.05) is 0 Å². The molecule has 0 amide bonds. The lowest BCUT2D eigenvalue weighted by Gasteiger charge is -2.26. The van der Waals surface area contributed by atoms with Crippen LogP contribution in [0.1, 0.15) is 19.8 Å². The smallest absolute Gasteiger partial charge is 0.326 e. The average Bonchev–Trinajstić information content (AvgIpc) is 2.31. The van der Waals surface area contributed by atoms with E-state index in [-0.39, 0.29) is 0 Å². The van der Waals surface area contributed by atoms with E-state index >= 15 is 0 Å². The van der Waals surface area contributed by atoms with Crippen LogP contribution in [-0.2, 0) is 4.79 Å². The molecule has 0 aromatic heterocycles. The highest BCUT2D eigenvalue weighted by atomic mass is 16.5. The van der Waals surface area contributed by atoms with E-state index in [1.165, 1.54) is 6.92 Å². The molecule has 0 radical (unpaired) electrons. The Hall–Kier alpha value is -1.12. The van der Waals surface area contributed by atoms with Crippen LogP contribution in [0, 0.1) is 11.3 Å². The predicted octanol–water partition coefficient (Wildman–Crippen LogP) is 0.207. The van der Waals surface area contributed by atoms with Gasteiger partial charge in [-0.25, -0.2) is 0 Å². The molecule has 1 rings (SSSR count). The number of hydrogen-bond donors (Lipinski definition) is 2. The monoisotopic (exact) mass is 170 g/mol. The summed E-state index contributed by atoms with van der Waals surface area (Å²) in [5, 5.41) is 27.2. The lowest BCUT2D eigenvalue weighted by Crippen LogP contribution is -2.48. The lowest BCUT2D eigenvalue weighted by molar-refractivity contribution is -0.187. The first kappa shape index (κ1) is 8.97. The van der Waals surface area contributed by atoms with Crippen molar-refractivity contribution in [2.24, 2.45) is 0 Å². The average molecular weight is 170 g/mol. The fourth-order valence-corrected chi connectivity index (χ4v) is 1.32. The van der Waals surface area contributed by atoms with Gasteiger partial charge in [-0.2, -0.15) is 10.3 Å². The third kappa shape index (κ3) is 1.05. The van der Waals surface area contributed by atoms with Gasteiger partial charge >= 0.3 is 5.97 Å². The summed E-state index contributed by atoms with van der Waals surface area (Å²) in [5.74, 6) is -1.09. The molecule has 1 aliphatic rings. The molecule has 0 saturated carbocycles. The molecule has 0 spiro atoms. The maximum atomic E-state index is 10.7. The van der Waals surface area contributed by atoms with Crippen LogP contribution in [0.25, 0.3) is 0 Å². The minimum atomic E-state index is -1.29. The summed E-state index contributed by atoms with van der Waals surface area (Å²) in [4.78, 5) is 10.7. The van der Waals surface area contributed by atoms with E-state index < -0.39 is 17.6 Å². The lowest BCUT2D eigenvalue weighted by atomic mass is 10.0. The third-order valence-electron chi connectivity index (χ3n) is 2.32. The summed E-state index contributed by atoms with van der Waals surface area (Å²) >= 11 is 0. The highest BCUT2D eigenvalue weighted by Gasteiger charge is 2.48. The highest BCUT2D eigenvalue weighted by Crippen LogP contribution is 2.31. The molecule has 0 aliphatic carbocycles. The first-order valence-electron chi connectivity index (χ1n) is 3.63. The maximum absolute atomic E-state index is 10.7. The van der Waals surface area contributed by atoms with Gasteiger partial charge in [-0.05, 0) is 19.8 Å². The summed E-state index contributed by atoms with van der Waals surface area (Å²) in [6, 6.07) is 1.15. The molecule has 1 heterocycles. The van der Waals surface area contributed by atoms with E-state index in [9.17, 15) is 10.0 Å². The minimum Gasteiger partial charge on any atom is -0.480 e. The van der Waals surface area contributed by atoms with Crippen molar-refractivity contribution in [1.29, 1.82) is 5.26 Å². The standard InChI is InChI=1S/C7H10N2O3/c1-7(6(10)11)3-2-5(4-8)9(7)12/h5,12H,2-3H2,1H3,(H,10,11). The van der Waals surface area contributed by atoms with Gasteiger partial charge in [-0.3, -0.25) is 4.79 Å². The van der Waals surface area contributed by atoms with Gasteiger partial charge in [0.05, 0.1) is 6.07 Å². The Morgan fingerprint density at radius 1 is 1.83 bits per heavy atom. The van der Waals surface area contributed by atoms with E-state index in [1.54, 1.807) is 0 Å². The number of hydroxylamine groups is 2. The fourth-order valence-electron chi connectivity index (χ4n) is 1.32. The summed E-state index contributed by atoms with van der Waals surface area (Å²) < 4.78 is 0. The molecule has 5 heteroatoms. The molecule has 0 bridgehead atoms. The van der Waals surface area contributed by atoms with E-state index in [2.05, 4.69) is 0 Å². The first-order valence-corrected chi connectivity index (χ1v) is 3.63. The Kier molecular flexibility index (Phi) is 2.04. The Bertz CT molecular complexity index is 248. The zero-order valence-electron chi connectivity index (χ0n) is 6.69. The van der Waals surface area contributed by atoms with Crippen LogP contribution < -0.4 is 0 Å². The van der Waals surface area contributed by atoms with Crippen molar-refractivity contribution in [2.45, 2.75) is 31.3 Å². The Labute approximate surface area is 69.8 Å². The molecule has 2 unspecified atom stereocenters. The minimum absolute atomic E-state index is 0.303. The van der Waals surface area contributed by atoms with Crippen LogP contribution in [-0.4, -0.2) is 32.9 Å². The number of aliphatic carboxylic acids is 1. The van der Waals surface area contributed by atoms with Crippen LogP contribution in [0.2, 0.25) is 0 Å². The van der Waals surface area contributed by atoms with Crippen molar-refractivity contribution in [3.63, 3.8) is 0 Å². The molecule has 66 valence electrons. The number of rotatable bonds is 1. The van der Waals surface area contributed by atoms with Gasteiger partial charge in [0, 0.05) is 0 Å². The molecule has 2 atom stereocenters. The van der Waals surface area contributed by atoms with Crippen molar-refractivity contribution in [1.82, 2.24) is 5.06 Å². The molecule has 0 aromatic carbocycles. The number of nitriles is 1. The molecular weight excluding hydrogens is 160 g/mol. The Balaban J connectivity index is 2.86. The summed E-state index contributed by atoms with van der Waals surface area (Å²) in [5.41, 5.74) is -1.29. The van der Waals surface area contributed by atoms with Gasteiger partial charge in [0.25, 0.3) is 0 Å². The summed E-state index contributed by atoms with van der Waals surface area (Å²) in [7, 11) is 0. The maximum Gasteiger partial charge on any atom is 0.326 e. The molecule has 12 heavy (non-hydrogen) atoms. The van der Waals surface area contributed by atoms with E-state index in [0.717, 1.165) is 0 Å². The molecule has 5 nitrogen and oxygen atoms in total. The van der Waals surface area contributed by atoms with Gasteiger partial charge < -0.3 is 10.3 Å². The van der Waals surface area contributed by atoms with Crippen LogP contribution in [0.3, 0.4) is 0 Å². The number of carboxylic acids is 1. The van der Waals surface area contributed by atoms with Gasteiger partial charge in [0.15, 0.2) is 0 Å². The fraction of sp³-hybridized carbons (Fsp3) is 0.714. The van der Waals surface area contributed by atoms with E-state index in [4.69, 9.17) is 10.4 Å². The number of nitrogens with zero attached hydrogens (tertiary/aromatic N) is 2. The van der Waals surface area contributed by atoms with E-state index in [0.29, 0.717) is 17.9 Å². The largest absolute Gasteiger partial charge is 0.480 e. The van der Waals surface area contributed by atoms with Gasteiger partial charge in [-0.15, -0.1) is 0 Å². The van der Waals surface area contributed by atoms with Gasteiger partial charge in [0.2, 0.25) is 0 Å². The van der Waals surface area contributed by atoms with Crippen LogP contribution >= 0.6 is 0 Å². The van der Waals surface area contributed by atoms with Crippen LogP contribution in [0.5, 0.6) is 0 Å². The van der Waals surface area contributed by atoms with Gasteiger partial charge in [0.1, 0.15) is 11.6 Å². The quantitative estimate of drug-likeness (QED) is 0.587. The zero-order chi connectivity index (χ0) is 9.35. The van der Waals surface area contributed by atoms with Crippen molar-refractivity contribution >= 4 is 5.97 Å². The summed E-state index contributed by atoms with van der Waals surface area (Å²) in [6.45, 7) is 1.41. The molecular formula is C7H10N2O3. The second-order valence-corrected chi connectivity index (χ2v) is 3.11. The topological polar surface area (TPSA) is 84.6 Å². The normalized spacial score (nSPS) is 36.2. The molecule has 2 N–H and O–H groups in total. The number of carbonyl (C=O) groups is 1. The second kappa shape index (κ2) is 2.73. The van der Waals surface area contributed by atoms with Crippen molar-refractivity contribution in [3.05, 3.63) is 0 Å². The van der Waals surface area contributed by atoms with Crippen molar-refractivity contribution < 1.29 is 15.1 Å². The molecule has 0 aromatic rings. The second-order valence-electron chi connectivity index (χ2n) is 3.11. The molecule has 1 aliphatic heterocycles. The predicted molar refractivity (Wildman–Crippen MR) is 38.3 cm³/mol. The Morgan fingerprint density at radius 2 is 2.42 bits per heavy atom.